The molecule has 0 spiro atoms. The molecule has 0 aromatic carbocycles. The largest absolute Gasteiger partial charge is 0.317 e. The maximum absolute atomic E-state index is 11.6. The van der Waals surface area contributed by atoms with Crippen LogP contribution >= 0.6 is 0 Å². The molecule has 1 aliphatic carbocycles. The summed E-state index contributed by atoms with van der Waals surface area (Å²) in [6.45, 7) is 6.11. The second-order valence-corrected chi connectivity index (χ2v) is 7.15. The van der Waals surface area contributed by atoms with Crippen molar-refractivity contribution in [3.8, 4) is 0 Å². The molecule has 0 saturated heterocycles. The first kappa shape index (κ1) is 14.0. The highest BCUT2D eigenvalue weighted by molar-refractivity contribution is 7.91. The maximum atomic E-state index is 11.6. The third-order valence-corrected chi connectivity index (χ3v) is 5.43. The van der Waals surface area contributed by atoms with Crippen LogP contribution in [0, 0.1) is 11.8 Å². The van der Waals surface area contributed by atoms with Gasteiger partial charge in [-0.1, -0.05) is 13.8 Å². The van der Waals surface area contributed by atoms with Crippen molar-refractivity contribution in [1.82, 2.24) is 5.32 Å². The molecular weight excluding hydrogens is 222 g/mol. The first-order valence-corrected chi connectivity index (χ1v) is 8.32. The Labute approximate surface area is 99.9 Å². The number of rotatable bonds is 8. The Hall–Kier alpha value is -0.0900. The van der Waals surface area contributed by atoms with Gasteiger partial charge in [0.25, 0.3) is 0 Å². The first-order chi connectivity index (χ1) is 7.59. The van der Waals surface area contributed by atoms with Crippen LogP contribution in [0.1, 0.15) is 39.5 Å². The van der Waals surface area contributed by atoms with Gasteiger partial charge >= 0.3 is 0 Å². The van der Waals surface area contributed by atoms with Gasteiger partial charge in [-0.15, -0.1) is 0 Å². The first-order valence-electron chi connectivity index (χ1n) is 6.50. The zero-order valence-electron chi connectivity index (χ0n) is 10.5. The zero-order valence-corrected chi connectivity index (χ0v) is 11.4. The molecule has 96 valence electrons. The lowest BCUT2D eigenvalue weighted by Gasteiger charge is -2.37. The number of hydrogen-bond donors (Lipinski definition) is 1. The SMILES string of the molecule is CCCS(=O)(=O)CCC1CCC1CNCC. The third kappa shape index (κ3) is 4.42. The quantitative estimate of drug-likeness (QED) is 0.712. The minimum absolute atomic E-state index is 0.359. The minimum Gasteiger partial charge on any atom is -0.317 e. The summed E-state index contributed by atoms with van der Waals surface area (Å²) in [5.41, 5.74) is 0. The molecule has 2 unspecified atom stereocenters. The molecule has 0 aromatic rings. The fourth-order valence-electron chi connectivity index (χ4n) is 2.36. The summed E-state index contributed by atoms with van der Waals surface area (Å²) in [7, 11) is -2.77. The molecule has 4 heteroatoms. The Morgan fingerprint density at radius 1 is 1.12 bits per heavy atom. The summed E-state index contributed by atoms with van der Waals surface area (Å²) in [4.78, 5) is 0. The van der Waals surface area contributed by atoms with Crippen LogP contribution in [0.4, 0.5) is 0 Å². The van der Waals surface area contributed by atoms with Gasteiger partial charge in [0.05, 0.1) is 5.75 Å². The van der Waals surface area contributed by atoms with Crippen LogP contribution in [0.3, 0.4) is 0 Å². The highest BCUT2D eigenvalue weighted by atomic mass is 32.2. The predicted octanol–water partition coefficient (Wildman–Crippen LogP) is 1.84. The lowest BCUT2D eigenvalue weighted by Crippen LogP contribution is -2.36. The maximum Gasteiger partial charge on any atom is 0.150 e. The number of sulfone groups is 1. The third-order valence-electron chi connectivity index (χ3n) is 3.55. The van der Waals surface area contributed by atoms with E-state index >= 15 is 0 Å². The summed E-state index contributed by atoms with van der Waals surface area (Å²) < 4.78 is 23.2. The fourth-order valence-corrected chi connectivity index (χ4v) is 3.85. The van der Waals surface area contributed by atoms with Crippen molar-refractivity contribution in [3.63, 3.8) is 0 Å². The van der Waals surface area contributed by atoms with E-state index in [0.29, 0.717) is 17.4 Å². The van der Waals surface area contributed by atoms with Crippen molar-refractivity contribution in [3.05, 3.63) is 0 Å². The Morgan fingerprint density at radius 3 is 2.31 bits per heavy atom. The van der Waals surface area contributed by atoms with Gasteiger partial charge in [0.15, 0.2) is 0 Å². The van der Waals surface area contributed by atoms with Crippen molar-refractivity contribution >= 4 is 9.84 Å². The van der Waals surface area contributed by atoms with Crippen LogP contribution in [0.5, 0.6) is 0 Å². The molecule has 1 rings (SSSR count). The van der Waals surface area contributed by atoms with Crippen LogP contribution in [-0.2, 0) is 9.84 Å². The molecule has 0 radical (unpaired) electrons. The van der Waals surface area contributed by atoms with Crippen molar-refractivity contribution in [2.75, 3.05) is 24.6 Å². The van der Waals surface area contributed by atoms with Crippen molar-refractivity contribution in [2.24, 2.45) is 11.8 Å². The molecule has 2 atom stereocenters. The lowest BCUT2D eigenvalue weighted by molar-refractivity contribution is 0.168. The van der Waals surface area contributed by atoms with Crippen LogP contribution in [0.2, 0.25) is 0 Å². The van der Waals surface area contributed by atoms with E-state index in [-0.39, 0.29) is 0 Å². The van der Waals surface area contributed by atoms with Crippen molar-refractivity contribution in [2.45, 2.75) is 39.5 Å². The highest BCUT2D eigenvalue weighted by Crippen LogP contribution is 2.36. The molecule has 0 heterocycles. The van der Waals surface area contributed by atoms with E-state index in [4.69, 9.17) is 0 Å². The van der Waals surface area contributed by atoms with Crippen molar-refractivity contribution in [1.29, 1.82) is 0 Å². The molecule has 0 amide bonds. The Kier molecular flexibility index (Phi) is 5.76. The fraction of sp³-hybridized carbons (Fsp3) is 1.00. The minimum atomic E-state index is -2.77. The average Bonchev–Trinajstić information content (AvgIpc) is 2.16. The molecule has 1 aliphatic rings. The average molecular weight is 247 g/mol. The number of hydrogen-bond acceptors (Lipinski definition) is 3. The molecule has 1 N–H and O–H groups in total. The molecule has 3 nitrogen and oxygen atoms in total. The standard InChI is InChI=1S/C12H25NO2S/c1-3-8-16(14,15)9-7-11-5-6-12(11)10-13-4-2/h11-13H,3-10H2,1-2H3. The Balaban J connectivity index is 2.23. The van der Waals surface area contributed by atoms with Gasteiger partial charge in [-0.3, -0.25) is 0 Å². The molecule has 16 heavy (non-hydrogen) atoms. The van der Waals surface area contributed by atoms with Gasteiger partial charge in [-0.05, 0) is 50.6 Å². The second kappa shape index (κ2) is 6.60. The van der Waals surface area contributed by atoms with Gasteiger partial charge in [-0.2, -0.15) is 0 Å². The predicted molar refractivity (Wildman–Crippen MR) is 68.3 cm³/mol. The normalized spacial score (nSPS) is 25.4. The van der Waals surface area contributed by atoms with E-state index in [9.17, 15) is 8.42 Å². The monoisotopic (exact) mass is 247 g/mol. The van der Waals surface area contributed by atoms with Crippen LogP contribution < -0.4 is 5.32 Å². The topological polar surface area (TPSA) is 46.2 Å². The van der Waals surface area contributed by atoms with E-state index in [1.165, 1.54) is 12.8 Å². The highest BCUT2D eigenvalue weighted by Gasteiger charge is 2.30. The summed E-state index contributed by atoms with van der Waals surface area (Å²) in [5, 5.41) is 3.35. The van der Waals surface area contributed by atoms with Gasteiger partial charge < -0.3 is 5.32 Å². The van der Waals surface area contributed by atoms with E-state index in [1.54, 1.807) is 0 Å². The summed E-state index contributed by atoms with van der Waals surface area (Å²) in [6, 6.07) is 0. The second-order valence-electron chi connectivity index (χ2n) is 4.85. The molecule has 1 saturated carbocycles. The van der Waals surface area contributed by atoms with Gasteiger partial charge in [0.1, 0.15) is 9.84 Å². The molecule has 0 bridgehead atoms. The Bertz CT molecular complexity index is 287. The summed E-state index contributed by atoms with van der Waals surface area (Å²) in [5.74, 6) is 2.12. The summed E-state index contributed by atoms with van der Waals surface area (Å²) >= 11 is 0. The molecular formula is C12H25NO2S. The van der Waals surface area contributed by atoms with Crippen LogP contribution in [0.25, 0.3) is 0 Å². The summed E-state index contributed by atoms with van der Waals surface area (Å²) in [6.07, 6.45) is 4.11. The zero-order chi connectivity index (χ0) is 12.0. The van der Waals surface area contributed by atoms with Crippen molar-refractivity contribution < 1.29 is 8.42 Å². The molecule has 0 aromatic heterocycles. The van der Waals surface area contributed by atoms with E-state index in [1.807, 2.05) is 6.92 Å². The van der Waals surface area contributed by atoms with Crippen LogP contribution in [0.15, 0.2) is 0 Å². The number of nitrogens with one attached hydrogen (secondary N) is 1. The van der Waals surface area contributed by atoms with E-state index in [0.717, 1.165) is 31.8 Å². The van der Waals surface area contributed by atoms with Gasteiger partial charge in [-0.25, -0.2) is 8.42 Å². The smallest absolute Gasteiger partial charge is 0.150 e. The van der Waals surface area contributed by atoms with Gasteiger partial charge in [0, 0.05) is 5.75 Å². The molecule has 0 aliphatic heterocycles. The van der Waals surface area contributed by atoms with E-state index < -0.39 is 9.84 Å². The molecule has 1 fully saturated rings. The Morgan fingerprint density at radius 2 is 1.81 bits per heavy atom. The lowest BCUT2D eigenvalue weighted by atomic mass is 9.72. The van der Waals surface area contributed by atoms with E-state index in [2.05, 4.69) is 12.2 Å². The van der Waals surface area contributed by atoms with Gasteiger partial charge in [0.2, 0.25) is 0 Å². The van der Waals surface area contributed by atoms with Crippen LogP contribution in [-0.4, -0.2) is 33.0 Å².